The van der Waals surface area contributed by atoms with Gasteiger partial charge in [0, 0.05) is 0 Å². The second-order valence-corrected chi connectivity index (χ2v) is 4.28. The van der Waals surface area contributed by atoms with Crippen LogP contribution in [0.25, 0.3) is 0 Å². The van der Waals surface area contributed by atoms with Crippen LogP contribution in [0.2, 0.25) is 0 Å². The molecule has 100 valence electrons. The number of aryl methyl sites for hydroxylation is 1. The monoisotopic (exact) mass is 261 g/mol. The van der Waals surface area contributed by atoms with Crippen molar-refractivity contribution in [3.05, 3.63) is 53.3 Å². The molecule has 0 aromatic heterocycles. The van der Waals surface area contributed by atoms with Crippen LogP contribution in [-0.2, 0) is 6.61 Å². The van der Waals surface area contributed by atoms with Gasteiger partial charge in [-0.15, -0.1) is 0 Å². The molecule has 2 rings (SSSR count). The van der Waals surface area contributed by atoms with E-state index in [0.717, 1.165) is 5.56 Å². The van der Waals surface area contributed by atoms with Crippen molar-refractivity contribution in [2.75, 3.05) is 12.8 Å². The summed E-state index contributed by atoms with van der Waals surface area (Å²) in [4.78, 5) is 0. The van der Waals surface area contributed by atoms with Crippen molar-refractivity contribution in [1.29, 1.82) is 0 Å². The summed E-state index contributed by atoms with van der Waals surface area (Å²) in [7, 11) is 1.57. The second-order valence-electron chi connectivity index (χ2n) is 4.28. The molecule has 19 heavy (non-hydrogen) atoms. The maximum Gasteiger partial charge on any atom is 0.141 e. The molecule has 0 spiro atoms. The third kappa shape index (κ3) is 3.16. The Morgan fingerprint density at radius 1 is 1.16 bits per heavy atom. The Hall–Kier alpha value is -2.23. The first-order chi connectivity index (χ1) is 9.10. The van der Waals surface area contributed by atoms with E-state index in [1.54, 1.807) is 38.3 Å². The van der Waals surface area contributed by atoms with Crippen LogP contribution in [0.3, 0.4) is 0 Å². The molecule has 0 saturated heterocycles. The highest BCUT2D eigenvalue weighted by Crippen LogP contribution is 2.23. The molecular weight excluding hydrogens is 245 g/mol. The predicted octanol–water partition coefficient (Wildman–Crippen LogP) is 3.30. The zero-order valence-corrected chi connectivity index (χ0v) is 10.9. The van der Waals surface area contributed by atoms with Crippen molar-refractivity contribution in [3.63, 3.8) is 0 Å². The zero-order chi connectivity index (χ0) is 13.8. The Bertz CT molecular complexity index is 584. The quantitative estimate of drug-likeness (QED) is 0.859. The van der Waals surface area contributed by atoms with E-state index in [9.17, 15) is 4.39 Å². The third-order valence-electron chi connectivity index (χ3n) is 2.83. The smallest absolute Gasteiger partial charge is 0.141 e. The topological polar surface area (TPSA) is 44.5 Å². The molecule has 0 heterocycles. The molecule has 0 radical (unpaired) electrons. The predicted molar refractivity (Wildman–Crippen MR) is 72.9 cm³/mol. The minimum Gasteiger partial charge on any atom is -0.495 e. The molecule has 0 aliphatic carbocycles. The number of nitrogens with two attached hydrogens (primary N) is 1. The van der Waals surface area contributed by atoms with Crippen LogP contribution < -0.4 is 15.2 Å². The molecule has 2 N–H and O–H groups in total. The lowest BCUT2D eigenvalue weighted by atomic mass is 10.2. The Labute approximate surface area is 111 Å². The molecule has 4 heteroatoms. The van der Waals surface area contributed by atoms with Gasteiger partial charge in [-0.25, -0.2) is 4.39 Å². The van der Waals surface area contributed by atoms with Crippen molar-refractivity contribution in [2.24, 2.45) is 0 Å². The zero-order valence-electron chi connectivity index (χ0n) is 10.9. The van der Waals surface area contributed by atoms with Crippen molar-refractivity contribution < 1.29 is 13.9 Å². The number of hydrogen-bond donors (Lipinski definition) is 1. The highest BCUT2D eigenvalue weighted by atomic mass is 19.1. The number of nitrogen functional groups attached to an aromatic ring is 1. The minimum atomic E-state index is -0.235. The highest BCUT2D eigenvalue weighted by Gasteiger charge is 2.03. The number of ether oxygens (including phenoxy) is 2. The van der Waals surface area contributed by atoms with Crippen LogP contribution in [0.1, 0.15) is 11.1 Å². The Morgan fingerprint density at radius 2 is 1.95 bits per heavy atom. The molecule has 0 amide bonds. The maximum absolute atomic E-state index is 13.1. The molecule has 0 atom stereocenters. The van der Waals surface area contributed by atoms with Crippen LogP contribution in [0.5, 0.6) is 11.5 Å². The van der Waals surface area contributed by atoms with E-state index in [-0.39, 0.29) is 5.82 Å². The molecule has 0 unspecified atom stereocenters. The standard InChI is InChI=1S/C15H16FNO2/c1-10-7-12(4-5-13(10)16)19-9-11-3-6-15(18-2)14(17)8-11/h3-8H,9,17H2,1-2H3. The Balaban J connectivity index is 2.05. The summed E-state index contributed by atoms with van der Waals surface area (Å²) in [5, 5.41) is 0. The van der Waals surface area contributed by atoms with Gasteiger partial charge >= 0.3 is 0 Å². The van der Waals surface area contributed by atoms with Gasteiger partial charge in [-0.05, 0) is 48.4 Å². The maximum atomic E-state index is 13.1. The average Bonchev–Trinajstić information content (AvgIpc) is 2.40. The largest absolute Gasteiger partial charge is 0.495 e. The van der Waals surface area contributed by atoms with Crippen LogP contribution in [0, 0.1) is 12.7 Å². The minimum absolute atomic E-state index is 0.235. The lowest BCUT2D eigenvalue weighted by Crippen LogP contribution is -1.99. The van der Waals surface area contributed by atoms with Crippen LogP contribution >= 0.6 is 0 Å². The number of rotatable bonds is 4. The first kappa shape index (κ1) is 13.2. The normalized spacial score (nSPS) is 10.3. The summed E-state index contributed by atoms with van der Waals surface area (Å²) in [5.41, 5.74) is 7.88. The van der Waals surface area contributed by atoms with E-state index in [0.29, 0.717) is 29.4 Å². The average molecular weight is 261 g/mol. The van der Waals surface area contributed by atoms with Gasteiger partial charge < -0.3 is 15.2 Å². The SMILES string of the molecule is COc1ccc(COc2ccc(F)c(C)c2)cc1N. The first-order valence-electron chi connectivity index (χ1n) is 5.91. The number of hydrogen-bond acceptors (Lipinski definition) is 3. The van der Waals surface area contributed by atoms with E-state index in [2.05, 4.69) is 0 Å². The number of benzene rings is 2. The fourth-order valence-electron chi connectivity index (χ4n) is 1.75. The lowest BCUT2D eigenvalue weighted by Gasteiger charge is -2.09. The van der Waals surface area contributed by atoms with Crippen LogP contribution in [0.15, 0.2) is 36.4 Å². The summed E-state index contributed by atoms with van der Waals surface area (Å²) in [5.74, 6) is 1.04. The van der Waals surface area contributed by atoms with Gasteiger partial charge in [0.1, 0.15) is 23.9 Å². The first-order valence-corrected chi connectivity index (χ1v) is 5.91. The van der Waals surface area contributed by atoms with Crippen molar-refractivity contribution >= 4 is 5.69 Å². The van der Waals surface area contributed by atoms with E-state index in [1.807, 2.05) is 6.07 Å². The fourth-order valence-corrected chi connectivity index (χ4v) is 1.75. The molecule has 0 saturated carbocycles. The molecular formula is C15H16FNO2. The van der Waals surface area contributed by atoms with Crippen molar-refractivity contribution in [2.45, 2.75) is 13.5 Å². The van der Waals surface area contributed by atoms with Gasteiger partial charge in [0.05, 0.1) is 12.8 Å². The fraction of sp³-hybridized carbons (Fsp3) is 0.200. The summed E-state index contributed by atoms with van der Waals surface area (Å²) in [6.45, 7) is 2.08. The number of anilines is 1. The summed E-state index contributed by atoms with van der Waals surface area (Å²) in [6.07, 6.45) is 0. The molecule has 0 bridgehead atoms. The van der Waals surface area contributed by atoms with E-state index in [4.69, 9.17) is 15.2 Å². The summed E-state index contributed by atoms with van der Waals surface area (Å²) < 4.78 is 23.8. The van der Waals surface area contributed by atoms with Gasteiger partial charge in [0.15, 0.2) is 0 Å². The second kappa shape index (κ2) is 5.61. The van der Waals surface area contributed by atoms with Gasteiger partial charge in [0.2, 0.25) is 0 Å². The highest BCUT2D eigenvalue weighted by molar-refractivity contribution is 5.54. The third-order valence-corrected chi connectivity index (χ3v) is 2.83. The van der Waals surface area contributed by atoms with Crippen molar-refractivity contribution in [1.82, 2.24) is 0 Å². The molecule has 2 aromatic rings. The van der Waals surface area contributed by atoms with Crippen molar-refractivity contribution in [3.8, 4) is 11.5 Å². The van der Waals surface area contributed by atoms with Gasteiger partial charge in [0.25, 0.3) is 0 Å². The van der Waals surface area contributed by atoms with Crippen LogP contribution in [-0.4, -0.2) is 7.11 Å². The molecule has 0 aliphatic rings. The Kier molecular flexibility index (Phi) is 3.90. The number of methoxy groups -OCH3 is 1. The summed E-state index contributed by atoms with van der Waals surface area (Å²) >= 11 is 0. The molecule has 0 aliphatic heterocycles. The van der Waals surface area contributed by atoms with Crippen LogP contribution in [0.4, 0.5) is 10.1 Å². The van der Waals surface area contributed by atoms with E-state index >= 15 is 0 Å². The van der Waals surface area contributed by atoms with E-state index < -0.39 is 0 Å². The van der Waals surface area contributed by atoms with Gasteiger partial charge in [-0.1, -0.05) is 6.07 Å². The molecule has 3 nitrogen and oxygen atoms in total. The molecule has 0 fully saturated rings. The van der Waals surface area contributed by atoms with Gasteiger partial charge in [-0.2, -0.15) is 0 Å². The summed E-state index contributed by atoms with van der Waals surface area (Å²) in [6, 6.07) is 10.1. The lowest BCUT2D eigenvalue weighted by molar-refractivity contribution is 0.305. The molecule has 2 aromatic carbocycles. The Morgan fingerprint density at radius 3 is 2.58 bits per heavy atom. The van der Waals surface area contributed by atoms with Gasteiger partial charge in [-0.3, -0.25) is 0 Å². The number of halogens is 1. The van der Waals surface area contributed by atoms with E-state index in [1.165, 1.54) is 6.07 Å².